The lowest BCUT2D eigenvalue weighted by Crippen LogP contribution is -2.43. The molecule has 0 radical (unpaired) electrons. The Morgan fingerprint density at radius 3 is 2.47 bits per heavy atom. The number of carbonyl (C=O) groups excluding carboxylic acids is 1. The average molecular weight is 477 g/mol. The summed E-state index contributed by atoms with van der Waals surface area (Å²) in [7, 11) is -2.02. The molecule has 0 aliphatic heterocycles. The quantitative estimate of drug-likeness (QED) is 0.208. The number of aromatic nitrogens is 2. The molecule has 2 N–H and O–H groups in total. The van der Waals surface area contributed by atoms with Crippen LogP contribution in [0.4, 0.5) is 4.79 Å². The Bertz CT molecular complexity index is 1090. The zero-order valence-electron chi connectivity index (χ0n) is 18.8. The molecule has 0 spiro atoms. The van der Waals surface area contributed by atoms with Crippen molar-refractivity contribution in [3.63, 3.8) is 0 Å². The topological polar surface area (TPSA) is 103 Å². The van der Waals surface area contributed by atoms with Crippen molar-refractivity contribution in [1.82, 2.24) is 9.71 Å². The number of rotatable bonds is 7. The Balaban J connectivity index is 1.64. The number of nitrogens with zero attached hydrogens (tertiary/aromatic N) is 2. The van der Waals surface area contributed by atoms with Gasteiger partial charge >= 0.3 is 6.16 Å². The van der Waals surface area contributed by atoms with Crippen LogP contribution in [0.25, 0.3) is 10.9 Å². The molecule has 172 valence electrons. The van der Waals surface area contributed by atoms with E-state index in [0.717, 1.165) is 21.5 Å². The zero-order valence-corrected chi connectivity index (χ0v) is 20.6. The summed E-state index contributed by atoms with van der Waals surface area (Å²) in [6.45, 7) is 11.1. The molecule has 0 atom stereocenters. The Hall–Kier alpha value is -2.85. The number of hydrogen-bond donors (Lipinski definition) is 2. The molecule has 3 rings (SSSR count). The number of pyridine rings is 1. The van der Waals surface area contributed by atoms with E-state index in [4.69, 9.17) is 14.0 Å². The third-order valence-corrected chi connectivity index (χ3v) is 10.8. The Morgan fingerprint density at radius 1 is 1.12 bits per heavy atom. The molecule has 0 saturated carbocycles. The van der Waals surface area contributed by atoms with E-state index in [1.807, 2.05) is 24.3 Å². The van der Waals surface area contributed by atoms with Crippen molar-refractivity contribution in [3.05, 3.63) is 42.6 Å². The van der Waals surface area contributed by atoms with E-state index in [2.05, 4.69) is 38.8 Å². The van der Waals surface area contributed by atoms with E-state index in [9.17, 15) is 15.0 Å². The lowest BCUT2D eigenvalue weighted by molar-refractivity contribution is 0.0392. The van der Waals surface area contributed by atoms with Gasteiger partial charge in [0.25, 0.3) is 8.32 Å². The van der Waals surface area contributed by atoms with Crippen LogP contribution in [0.1, 0.15) is 20.8 Å². The maximum atomic E-state index is 11.8. The molecule has 0 amide bonds. The third kappa shape index (κ3) is 5.31. The fourth-order valence-corrected chi connectivity index (χ4v) is 4.52. The van der Waals surface area contributed by atoms with Crippen LogP contribution in [0.15, 0.2) is 47.5 Å². The molecular formula is C22H28N2O6SSi. The molecule has 0 aliphatic rings. The van der Waals surface area contributed by atoms with Gasteiger partial charge in [0.1, 0.15) is 17.9 Å². The summed E-state index contributed by atoms with van der Waals surface area (Å²) in [6, 6.07) is 10.2. The standard InChI is InChI=1S/C22H28N2O6SSi/c1-22(2,3)32(4,5)30-16-8-9-17(15-7-6-12-23-20(15)16)31-14-13-28-21(27)29-24-18(25)10-11-19(24)26/h6-12,25-26H,13-14H2,1-5H3. The van der Waals surface area contributed by atoms with Crippen LogP contribution in [-0.4, -0.2) is 46.8 Å². The third-order valence-electron chi connectivity index (χ3n) is 5.39. The number of ether oxygens (including phenoxy) is 1. The minimum atomic E-state index is -2.02. The number of carbonyl (C=O) groups is 1. The molecule has 0 unspecified atom stereocenters. The highest BCUT2D eigenvalue weighted by molar-refractivity contribution is 7.99. The molecule has 2 aromatic heterocycles. The van der Waals surface area contributed by atoms with E-state index >= 15 is 0 Å². The Kier molecular flexibility index (Phi) is 6.94. The van der Waals surface area contributed by atoms with Crippen molar-refractivity contribution >= 4 is 37.1 Å². The molecule has 3 aromatic rings. The van der Waals surface area contributed by atoms with Gasteiger partial charge in [-0.25, -0.2) is 4.79 Å². The van der Waals surface area contributed by atoms with Gasteiger partial charge in [-0.1, -0.05) is 26.8 Å². The molecule has 1 aromatic carbocycles. The lowest BCUT2D eigenvalue weighted by atomic mass is 10.2. The first-order valence-electron chi connectivity index (χ1n) is 10.1. The molecule has 0 fully saturated rings. The average Bonchev–Trinajstić information content (AvgIpc) is 3.03. The molecule has 8 nitrogen and oxygen atoms in total. The molecular weight excluding hydrogens is 448 g/mol. The van der Waals surface area contributed by atoms with E-state index in [1.165, 1.54) is 23.9 Å². The van der Waals surface area contributed by atoms with Crippen molar-refractivity contribution in [1.29, 1.82) is 0 Å². The normalized spacial score (nSPS) is 12.0. The molecule has 10 heteroatoms. The number of hydrogen-bond acceptors (Lipinski definition) is 8. The van der Waals surface area contributed by atoms with Gasteiger partial charge in [0, 0.05) is 34.4 Å². The van der Waals surface area contributed by atoms with Gasteiger partial charge < -0.3 is 19.4 Å². The molecule has 0 saturated heterocycles. The second kappa shape index (κ2) is 9.33. The summed E-state index contributed by atoms with van der Waals surface area (Å²) < 4.78 is 12.1. The maximum Gasteiger partial charge on any atom is 0.533 e. The van der Waals surface area contributed by atoms with E-state index in [0.29, 0.717) is 10.5 Å². The first-order valence-corrected chi connectivity index (χ1v) is 14.0. The Labute approximate surface area is 192 Å². The monoisotopic (exact) mass is 476 g/mol. The van der Waals surface area contributed by atoms with Crippen LogP contribution in [0, 0.1) is 0 Å². The van der Waals surface area contributed by atoms with Gasteiger partial charge in [0.2, 0.25) is 11.8 Å². The van der Waals surface area contributed by atoms with Crippen molar-refractivity contribution in [2.75, 3.05) is 12.4 Å². The van der Waals surface area contributed by atoms with Crippen LogP contribution < -0.4 is 9.26 Å². The predicted molar refractivity (Wildman–Crippen MR) is 126 cm³/mol. The highest BCUT2D eigenvalue weighted by Gasteiger charge is 2.39. The first-order chi connectivity index (χ1) is 15.0. The first kappa shape index (κ1) is 23.8. The number of fused-ring (bicyclic) bond motifs is 1. The van der Waals surface area contributed by atoms with Gasteiger partial charge in [-0.3, -0.25) is 9.82 Å². The summed E-state index contributed by atoms with van der Waals surface area (Å²) in [5.41, 5.74) is 0.807. The summed E-state index contributed by atoms with van der Waals surface area (Å²) in [5.74, 6) is 0.439. The second-order valence-electron chi connectivity index (χ2n) is 8.71. The largest absolute Gasteiger partial charge is 0.542 e. The molecule has 0 aliphatic carbocycles. The van der Waals surface area contributed by atoms with Crippen molar-refractivity contribution in [2.45, 2.75) is 43.8 Å². The number of thioether (sulfide) groups is 1. The smallest absolute Gasteiger partial charge is 0.533 e. The van der Waals surface area contributed by atoms with Crippen LogP contribution >= 0.6 is 11.8 Å². The lowest BCUT2D eigenvalue weighted by Gasteiger charge is -2.36. The van der Waals surface area contributed by atoms with E-state index in [-0.39, 0.29) is 11.6 Å². The SMILES string of the molecule is CC(C)(C)[Si](C)(C)Oc1ccc(SCCOC(=O)On2c(O)ccc2O)c2cccnc12. The van der Waals surface area contributed by atoms with Gasteiger partial charge in [-0.15, -0.1) is 16.5 Å². The van der Waals surface area contributed by atoms with Crippen LogP contribution in [0.2, 0.25) is 18.1 Å². The summed E-state index contributed by atoms with van der Waals surface area (Å²) >= 11 is 1.52. The van der Waals surface area contributed by atoms with Gasteiger partial charge in [-0.05, 0) is 36.3 Å². The van der Waals surface area contributed by atoms with Crippen LogP contribution in [0.5, 0.6) is 17.5 Å². The van der Waals surface area contributed by atoms with Gasteiger partial charge in [0.05, 0.1) is 0 Å². The molecule has 0 bridgehead atoms. The maximum absolute atomic E-state index is 11.8. The highest BCUT2D eigenvalue weighted by atomic mass is 32.2. The highest BCUT2D eigenvalue weighted by Crippen LogP contribution is 2.40. The van der Waals surface area contributed by atoms with Crippen molar-refractivity contribution < 1.29 is 29.0 Å². The zero-order chi connectivity index (χ0) is 23.5. The minimum Gasteiger partial charge on any atom is -0.542 e. The van der Waals surface area contributed by atoms with E-state index in [1.54, 1.807) is 6.20 Å². The summed E-state index contributed by atoms with van der Waals surface area (Å²) in [4.78, 5) is 22.1. The van der Waals surface area contributed by atoms with Crippen molar-refractivity contribution in [3.8, 4) is 17.5 Å². The van der Waals surface area contributed by atoms with Crippen molar-refractivity contribution in [2.24, 2.45) is 0 Å². The van der Waals surface area contributed by atoms with Crippen LogP contribution in [-0.2, 0) is 4.74 Å². The fourth-order valence-electron chi connectivity index (χ4n) is 2.63. The second-order valence-corrected chi connectivity index (χ2v) is 14.6. The van der Waals surface area contributed by atoms with Crippen LogP contribution in [0.3, 0.4) is 0 Å². The predicted octanol–water partition coefficient (Wildman–Crippen LogP) is 5.19. The number of benzene rings is 1. The Morgan fingerprint density at radius 2 is 1.81 bits per heavy atom. The molecule has 2 heterocycles. The van der Waals surface area contributed by atoms with Gasteiger partial charge in [-0.2, -0.15) is 0 Å². The fraction of sp³-hybridized carbons (Fsp3) is 0.364. The minimum absolute atomic E-state index is 0.0711. The van der Waals surface area contributed by atoms with E-state index < -0.39 is 26.2 Å². The summed E-state index contributed by atoms with van der Waals surface area (Å²) in [5, 5.41) is 20.0. The molecule has 32 heavy (non-hydrogen) atoms. The van der Waals surface area contributed by atoms with Gasteiger partial charge in [0.15, 0.2) is 0 Å². The summed E-state index contributed by atoms with van der Waals surface area (Å²) in [6.07, 6.45) is 0.720. The number of aromatic hydroxyl groups is 2.